The molecule has 1 aliphatic heterocycles. The molecule has 3 rings (SSSR count). The third-order valence-corrected chi connectivity index (χ3v) is 8.17. The first-order chi connectivity index (χ1) is 15.8. The number of fused-ring (bicyclic) bond motifs is 2. The molecule has 1 nitrogen and oxygen atoms in total. The lowest BCUT2D eigenvalue weighted by atomic mass is 9.75. The lowest BCUT2D eigenvalue weighted by molar-refractivity contribution is 0.370. The second kappa shape index (κ2) is 14.1. The topological polar surface area (TPSA) is 12.4 Å². The second-order valence-corrected chi connectivity index (χ2v) is 11.0. The van der Waals surface area contributed by atoms with Crippen LogP contribution in [0.15, 0.2) is 57.3 Å². The van der Waals surface area contributed by atoms with E-state index in [-0.39, 0.29) is 5.41 Å². The Hall–Kier alpha value is -1.28. The lowest BCUT2D eigenvalue weighted by Crippen LogP contribution is -2.21. The predicted octanol–water partition coefficient (Wildman–Crippen LogP) is 10.6. The van der Waals surface area contributed by atoms with Crippen LogP contribution < -0.4 is 0 Å². The minimum atomic E-state index is 0.237. The number of benzene rings is 1. The molecule has 1 aliphatic carbocycles. The fourth-order valence-electron chi connectivity index (χ4n) is 5.03. The maximum absolute atomic E-state index is 4.95. The average molecular weight is 452 g/mol. The van der Waals surface area contributed by atoms with Crippen LogP contribution in [0.3, 0.4) is 0 Å². The number of para-hydroxylation sites is 1. The zero-order valence-electron chi connectivity index (χ0n) is 20.7. The van der Waals surface area contributed by atoms with Crippen LogP contribution in [-0.2, 0) is 0 Å². The molecule has 1 aromatic carbocycles. The first kappa shape index (κ1) is 25.3. The van der Waals surface area contributed by atoms with Crippen LogP contribution >= 0.6 is 11.8 Å². The highest BCUT2D eigenvalue weighted by Gasteiger charge is 2.30. The van der Waals surface area contributed by atoms with Crippen molar-refractivity contribution in [2.45, 2.75) is 121 Å². The summed E-state index contributed by atoms with van der Waals surface area (Å²) < 4.78 is 0. The lowest BCUT2D eigenvalue weighted by Gasteiger charge is -2.33. The number of rotatable bonds is 16. The molecule has 0 spiro atoms. The van der Waals surface area contributed by atoms with Crippen molar-refractivity contribution in [2.24, 2.45) is 10.4 Å². The first-order valence-corrected chi connectivity index (χ1v) is 14.4. The summed E-state index contributed by atoms with van der Waals surface area (Å²) in [7, 11) is 0. The van der Waals surface area contributed by atoms with Gasteiger partial charge in [-0.05, 0) is 31.1 Å². The molecule has 32 heavy (non-hydrogen) atoms. The van der Waals surface area contributed by atoms with Gasteiger partial charge in [-0.2, -0.15) is 0 Å². The van der Waals surface area contributed by atoms with Gasteiger partial charge in [0.25, 0.3) is 0 Å². The van der Waals surface area contributed by atoms with Crippen molar-refractivity contribution >= 4 is 23.2 Å². The zero-order valence-corrected chi connectivity index (χ0v) is 21.5. The Morgan fingerprint density at radius 2 is 1.28 bits per heavy atom. The van der Waals surface area contributed by atoms with Gasteiger partial charge in [0, 0.05) is 15.2 Å². The van der Waals surface area contributed by atoms with E-state index in [1.54, 1.807) is 0 Å². The highest BCUT2D eigenvalue weighted by atomic mass is 32.2. The number of nitrogens with zero attached hydrogens (tertiary/aromatic N) is 1. The fraction of sp³-hybridized carbons (Fsp3) is 0.633. The van der Waals surface area contributed by atoms with E-state index in [2.05, 4.69) is 56.3 Å². The van der Waals surface area contributed by atoms with E-state index in [1.165, 1.54) is 118 Å². The van der Waals surface area contributed by atoms with Crippen LogP contribution in [0.1, 0.15) is 117 Å². The summed E-state index contributed by atoms with van der Waals surface area (Å²) in [5.41, 5.74) is 2.53. The summed E-state index contributed by atoms with van der Waals surface area (Å²) in [4.78, 5) is 7.64. The van der Waals surface area contributed by atoms with Crippen LogP contribution in [0.25, 0.3) is 0 Å². The molecule has 0 saturated heterocycles. The smallest absolute Gasteiger partial charge is 0.0776 e. The average Bonchev–Trinajstić information content (AvgIpc) is 2.82. The predicted molar refractivity (Wildman–Crippen MR) is 144 cm³/mol. The standard InChI is InChI=1S/C30H45NS/c1-3-5-7-9-11-13-17-22-30(23-18-14-12-10-8-6-4-2)24-21-27-29(25-30)32-28-20-16-15-19-26(28)31-27/h15-16,19-21,24-25H,3-14,17-18,22-23H2,1-2H3. The molecule has 0 aromatic heterocycles. The van der Waals surface area contributed by atoms with Crippen molar-refractivity contribution in [1.29, 1.82) is 0 Å². The molecule has 0 N–H and O–H groups in total. The van der Waals surface area contributed by atoms with Gasteiger partial charge in [-0.15, -0.1) is 0 Å². The number of hydrogen-bond donors (Lipinski definition) is 0. The SMILES string of the molecule is CCCCCCCCCC1(CCCCCCCCC)C=CC2=Nc3ccccc3SC2=C1. The van der Waals surface area contributed by atoms with Crippen LogP contribution in [0, 0.1) is 5.41 Å². The summed E-state index contributed by atoms with van der Waals surface area (Å²) >= 11 is 1.93. The third kappa shape index (κ3) is 7.94. The summed E-state index contributed by atoms with van der Waals surface area (Å²) in [5.74, 6) is 0. The maximum atomic E-state index is 4.95. The van der Waals surface area contributed by atoms with Crippen LogP contribution in [0.5, 0.6) is 0 Å². The van der Waals surface area contributed by atoms with Crippen molar-refractivity contribution < 1.29 is 0 Å². The Morgan fingerprint density at radius 1 is 0.719 bits per heavy atom. The van der Waals surface area contributed by atoms with Gasteiger partial charge in [0.1, 0.15) is 0 Å². The summed E-state index contributed by atoms with van der Waals surface area (Å²) in [6, 6.07) is 8.58. The third-order valence-electron chi connectivity index (χ3n) is 7.06. The van der Waals surface area contributed by atoms with Gasteiger partial charge < -0.3 is 0 Å². The maximum Gasteiger partial charge on any atom is 0.0776 e. The number of allylic oxidation sites excluding steroid dienone is 4. The van der Waals surface area contributed by atoms with Crippen LogP contribution in [0.4, 0.5) is 5.69 Å². The first-order valence-electron chi connectivity index (χ1n) is 13.5. The van der Waals surface area contributed by atoms with E-state index < -0.39 is 0 Å². The zero-order chi connectivity index (χ0) is 22.5. The van der Waals surface area contributed by atoms with E-state index in [9.17, 15) is 0 Å². The summed E-state index contributed by atoms with van der Waals surface area (Å²) in [6.45, 7) is 4.60. The van der Waals surface area contributed by atoms with Gasteiger partial charge in [-0.3, -0.25) is 0 Å². The molecule has 2 heteroatoms. The Morgan fingerprint density at radius 3 is 1.91 bits per heavy atom. The molecule has 0 fully saturated rings. The van der Waals surface area contributed by atoms with Gasteiger partial charge in [0.05, 0.1) is 11.4 Å². The fourth-order valence-corrected chi connectivity index (χ4v) is 6.14. The molecule has 0 amide bonds. The van der Waals surface area contributed by atoms with E-state index in [1.807, 2.05) is 11.8 Å². The Labute approximate surface area is 202 Å². The van der Waals surface area contributed by atoms with E-state index in [0.29, 0.717) is 0 Å². The van der Waals surface area contributed by atoms with Crippen molar-refractivity contribution in [3.63, 3.8) is 0 Å². The minimum Gasteiger partial charge on any atom is -0.247 e. The molecule has 0 radical (unpaired) electrons. The van der Waals surface area contributed by atoms with Gasteiger partial charge in [0.15, 0.2) is 0 Å². The van der Waals surface area contributed by atoms with Gasteiger partial charge in [-0.1, -0.05) is 140 Å². The molecule has 1 heterocycles. The molecule has 2 aliphatic rings. The van der Waals surface area contributed by atoms with Gasteiger partial charge in [0.2, 0.25) is 0 Å². The number of aliphatic imine (C=N–C) groups is 1. The minimum absolute atomic E-state index is 0.237. The molecule has 1 aromatic rings. The largest absolute Gasteiger partial charge is 0.247 e. The number of hydrogen-bond acceptors (Lipinski definition) is 2. The van der Waals surface area contributed by atoms with Crippen molar-refractivity contribution in [3.8, 4) is 0 Å². The molecular weight excluding hydrogens is 406 g/mol. The molecular formula is C30H45NS. The molecule has 0 saturated carbocycles. The quantitative estimate of drug-likeness (QED) is 0.228. The second-order valence-electron chi connectivity index (χ2n) is 9.88. The van der Waals surface area contributed by atoms with Gasteiger partial charge >= 0.3 is 0 Å². The highest BCUT2D eigenvalue weighted by molar-refractivity contribution is 8.04. The number of unbranched alkanes of at least 4 members (excludes halogenated alkanes) is 12. The van der Waals surface area contributed by atoms with Gasteiger partial charge in [-0.25, -0.2) is 4.99 Å². The van der Waals surface area contributed by atoms with Crippen molar-refractivity contribution in [2.75, 3.05) is 0 Å². The van der Waals surface area contributed by atoms with Crippen LogP contribution in [-0.4, -0.2) is 5.71 Å². The Kier molecular flexibility index (Phi) is 11.2. The van der Waals surface area contributed by atoms with Crippen molar-refractivity contribution in [1.82, 2.24) is 0 Å². The molecule has 176 valence electrons. The van der Waals surface area contributed by atoms with Crippen molar-refractivity contribution in [3.05, 3.63) is 47.4 Å². The molecule has 0 unspecified atom stereocenters. The molecule has 0 bridgehead atoms. The van der Waals surface area contributed by atoms with Crippen LogP contribution in [0.2, 0.25) is 0 Å². The van der Waals surface area contributed by atoms with E-state index >= 15 is 0 Å². The van der Waals surface area contributed by atoms with E-state index in [0.717, 1.165) is 5.69 Å². The Balaban J connectivity index is 1.58. The molecule has 0 atom stereocenters. The monoisotopic (exact) mass is 451 g/mol. The Bertz CT molecular complexity index is 755. The summed E-state index contributed by atoms with van der Waals surface area (Å²) in [5, 5.41) is 0. The normalized spacial score (nSPS) is 16.3. The highest BCUT2D eigenvalue weighted by Crippen LogP contribution is 2.47. The number of thioether (sulfide) groups is 1. The van der Waals surface area contributed by atoms with E-state index in [4.69, 9.17) is 4.99 Å². The summed E-state index contributed by atoms with van der Waals surface area (Å²) in [6.07, 6.45) is 29.5.